The minimum atomic E-state index is -0.394. The average Bonchev–Trinajstić information content (AvgIpc) is 2.88. The second-order valence-corrected chi connectivity index (χ2v) is 4.72. The van der Waals surface area contributed by atoms with E-state index in [2.05, 4.69) is 15.7 Å². The molecule has 8 heteroatoms. The Bertz CT molecular complexity index is 683. The molecular weight excluding hydrogens is 294 g/mol. The highest BCUT2D eigenvalue weighted by molar-refractivity contribution is 6.31. The first-order valence-electron chi connectivity index (χ1n) is 6.09. The van der Waals surface area contributed by atoms with E-state index in [9.17, 15) is 9.59 Å². The van der Waals surface area contributed by atoms with Gasteiger partial charge in [-0.15, -0.1) is 0 Å². The zero-order valence-electron chi connectivity index (χ0n) is 11.3. The van der Waals surface area contributed by atoms with Crippen LogP contribution in [0.3, 0.4) is 0 Å². The Hall–Kier alpha value is -2.54. The molecule has 2 aromatic rings. The van der Waals surface area contributed by atoms with E-state index in [0.29, 0.717) is 16.4 Å². The molecule has 0 unspecified atom stereocenters. The molecule has 7 nitrogen and oxygen atoms in total. The lowest BCUT2D eigenvalue weighted by Gasteiger charge is -2.06. The molecular formula is C13H14ClN5O2. The minimum absolute atomic E-state index is 0.0751. The number of hydrogen-bond donors (Lipinski definition) is 3. The van der Waals surface area contributed by atoms with Gasteiger partial charge < -0.3 is 16.4 Å². The highest BCUT2D eigenvalue weighted by atomic mass is 35.5. The lowest BCUT2D eigenvalue weighted by atomic mass is 10.1. The van der Waals surface area contributed by atoms with Crippen LogP contribution >= 0.6 is 11.6 Å². The van der Waals surface area contributed by atoms with Crippen molar-refractivity contribution in [2.75, 3.05) is 18.1 Å². The summed E-state index contributed by atoms with van der Waals surface area (Å²) in [4.78, 5) is 23.3. The summed E-state index contributed by atoms with van der Waals surface area (Å²) < 4.78 is 1.41. The minimum Gasteiger partial charge on any atom is -0.398 e. The Kier molecular flexibility index (Phi) is 4.44. The zero-order valence-corrected chi connectivity index (χ0v) is 12.0. The number of nitrogens with one attached hydrogen (secondary N) is 2. The first-order chi connectivity index (χ1) is 9.99. The van der Waals surface area contributed by atoms with Gasteiger partial charge in [0.05, 0.1) is 17.4 Å². The lowest BCUT2D eigenvalue weighted by molar-refractivity contribution is -0.121. The third-order valence-corrected chi connectivity index (χ3v) is 2.97. The SMILES string of the molecule is CNC(=O)Cn1cc(NC(=O)c2cc(Cl)ccc2N)cn1. The van der Waals surface area contributed by atoms with E-state index in [1.54, 1.807) is 18.3 Å². The molecule has 1 aromatic heterocycles. The van der Waals surface area contributed by atoms with E-state index >= 15 is 0 Å². The maximum Gasteiger partial charge on any atom is 0.257 e. The molecule has 0 aliphatic carbocycles. The Morgan fingerprint density at radius 2 is 2.19 bits per heavy atom. The number of aromatic nitrogens is 2. The molecule has 4 N–H and O–H groups in total. The molecule has 0 atom stereocenters. The number of amides is 2. The Morgan fingerprint density at radius 3 is 2.90 bits per heavy atom. The van der Waals surface area contributed by atoms with Gasteiger partial charge in [0.2, 0.25) is 5.91 Å². The Balaban J connectivity index is 2.09. The fourth-order valence-corrected chi connectivity index (χ4v) is 1.84. The van der Waals surface area contributed by atoms with E-state index in [0.717, 1.165) is 0 Å². The van der Waals surface area contributed by atoms with Crippen LogP contribution in [-0.2, 0) is 11.3 Å². The highest BCUT2D eigenvalue weighted by Gasteiger charge is 2.12. The fourth-order valence-electron chi connectivity index (χ4n) is 1.66. The van der Waals surface area contributed by atoms with Gasteiger partial charge in [-0.3, -0.25) is 14.3 Å². The summed E-state index contributed by atoms with van der Waals surface area (Å²) in [5, 5.41) is 9.53. The number of nitrogen functional groups attached to an aromatic ring is 1. The molecule has 1 aromatic carbocycles. The molecule has 0 spiro atoms. The van der Waals surface area contributed by atoms with Gasteiger partial charge in [-0.05, 0) is 18.2 Å². The second kappa shape index (κ2) is 6.27. The third-order valence-electron chi connectivity index (χ3n) is 2.74. The van der Waals surface area contributed by atoms with Crippen LogP contribution in [0.2, 0.25) is 5.02 Å². The van der Waals surface area contributed by atoms with E-state index in [1.807, 2.05) is 0 Å². The summed E-state index contributed by atoms with van der Waals surface area (Å²) in [7, 11) is 1.54. The fraction of sp³-hybridized carbons (Fsp3) is 0.154. The number of rotatable bonds is 4. The van der Waals surface area contributed by atoms with E-state index in [4.69, 9.17) is 17.3 Å². The van der Waals surface area contributed by atoms with Crippen molar-refractivity contribution >= 4 is 34.8 Å². The van der Waals surface area contributed by atoms with Crippen molar-refractivity contribution < 1.29 is 9.59 Å². The van der Waals surface area contributed by atoms with Crippen LogP contribution in [0.15, 0.2) is 30.6 Å². The number of anilines is 2. The molecule has 0 aliphatic heterocycles. The molecule has 2 amide bonds. The van der Waals surface area contributed by atoms with Gasteiger partial charge in [0.1, 0.15) is 6.54 Å². The number of benzene rings is 1. The van der Waals surface area contributed by atoms with Crippen molar-refractivity contribution in [1.82, 2.24) is 15.1 Å². The van der Waals surface area contributed by atoms with Crippen LogP contribution in [0.25, 0.3) is 0 Å². The predicted molar refractivity (Wildman–Crippen MR) is 80.1 cm³/mol. The summed E-state index contributed by atoms with van der Waals surface area (Å²) in [6.07, 6.45) is 3.00. The number of halogens is 1. The van der Waals surface area contributed by atoms with Gasteiger partial charge >= 0.3 is 0 Å². The topological polar surface area (TPSA) is 102 Å². The quantitative estimate of drug-likeness (QED) is 0.736. The van der Waals surface area contributed by atoms with Gasteiger partial charge in [0.25, 0.3) is 5.91 Å². The van der Waals surface area contributed by atoms with Crippen molar-refractivity contribution in [2.24, 2.45) is 0 Å². The first-order valence-corrected chi connectivity index (χ1v) is 6.47. The van der Waals surface area contributed by atoms with Crippen LogP contribution < -0.4 is 16.4 Å². The Morgan fingerprint density at radius 1 is 1.43 bits per heavy atom. The smallest absolute Gasteiger partial charge is 0.257 e. The molecule has 110 valence electrons. The molecule has 2 rings (SSSR count). The summed E-state index contributed by atoms with van der Waals surface area (Å²) in [5.74, 6) is -0.579. The van der Waals surface area contributed by atoms with Gasteiger partial charge in [-0.25, -0.2) is 0 Å². The summed E-state index contributed by atoms with van der Waals surface area (Å²) in [6, 6.07) is 4.66. The summed E-state index contributed by atoms with van der Waals surface area (Å²) >= 11 is 5.84. The molecule has 0 bridgehead atoms. The summed E-state index contributed by atoms with van der Waals surface area (Å²) in [6.45, 7) is 0.0751. The van der Waals surface area contributed by atoms with Gasteiger partial charge in [-0.2, -0.15) is 5.10 Å². The van der Waals surface area contributed by atoms with E-state index in [1.165, 1.54) is 24.0 Å². The number of carbonyl (C=O) groups excluding carboxylic acids is 2. The van der Waals surface area contributed by atoms with Crippen molar-refractivity contribution in [1.29, 1.82) is 0 Å². The number of nitrogens with two attached hydrogens (primary N) is 1. The van der Waals surface area contributed by atoms with Crippen molar-refractivity contribution in [2.45, 2.75) is 6.54 Å². The molecule has 0 saturated carbocycles. The average molecular weight is 308 g/mol. The lowest BCUT2D eigenvalue weighted by Crippen LogP contribution is -2.23. The normalized spacial score (nSPS) is 10.2. The number of carbonyl (C=O) groups is 2. The number of likely N-dealkylation sites (N-methyl/N-ethyl adjacent to an activating group) is 1. The maximum absolute atomic E-state index is 12.1. The Labute approximate surface area is 126 Å². The molecule has 0 fully saturated rings. The van der Waals surface area contributed by atoms with Gasteiger partial charge in [-0.1, -0.05) is 11.6 Å². The second-order valence-electron chi connectivity index (χ2n) is 4.29. The molecule has 21 heavy (non-hydrogen) atoms. The van der Waals surface area contributed by atoms with Crippen LogP contribution in [0.5, 0.6) is 0 Å². The van der Waals surface area contributed by atoms with Crippen molar-refractivity contribution in [3.05, 3.63) is 41.2 Å². The van der Waals surface area contributed by atoms with Crippen molar-refractivity contribution in [3.8, 4) is 0 Å². The third kappa shape index (κ3) is 3.73. The number of nitrogens with zero attached hydrogens (tertiary/aromatic N) is 2. The van der Waals surface area contributed by atoms with Gasteiger partial charge in [0.15, 0.2) is 0 Å². The molecule has 0 saturated heterocycles. The summed E-state index contributed by atoms with van der Waals surface area (Å²) in [5.41, 5.74) is 6.81. The van der Waals surface area contributed by atoms with Gasteiger partial charge in [0, 0.05) is 24.0 Å². The van der Waals surface area contributed by atoms with Crippen LogP contribution in [0.4, 0.5) is 11.4 Å². The number of hydrogen-bond acceptors (Lipinski definition) is 4. The molecule has 0 radical (unpaired) electrons. The van der Waals surface area contributed by atoms with E-state index < -0.39 is 5.91 Å². The molecule has 1 heterocycles. The van der Waals surface area contributed by atoms with Crippen molar-refractivity contribution in [3.63, 3.8) is 0 Å². The predicted octanol–water partition coefficient (Wildman–Crippen LogP) is 1.12. The van der Waals surface area contributed by atoms with Crippen LogP contribution in [0, 0.1) is 0 Å². The monoisotopic (exact) mass is 307 g/mol. The maximum atomic E-state index is 12.1. The zero-order chi connectivity index (χ0) is 15.4. The largest absolute Gasteiger partial charge is 0.398 e. The van der Waals surface area contributed by atoms with E-state index in [-0.39, 0.29) is 18.0 Å². The standard InChI is InChI=1S/C13H14ClN5O2/c1-16-12(20)7-19-6-9(5-17-19)18-13(21)10-4-8(14)2-3-11(10)15/h2-6H,7,15H2,1H3,(H,16,20)(H,18,21). The van der Waals surface area contributed by atoms with Crippen LogP contribution in [0.1, 0.15) is 10.4 Å². The molecule has 0 aliphatic rings. The van der Waals surface area contributed by atoms with Crippen LogP contribution in [-0.4, -0.2) is 28.6 Å². The first kappa shape index (κ1) is 14.9. The highest BCUT2D eigenvalue weighted by Crippen LogP contribution is 2.19.